The summed E-state index contributed by atoms with van der Waals surface area (Å²) in [7, 11) is 1.20. The molecule has 8 nitrogen and oxygen atoms in total. The predicted octanol–water partition coefficient (Wildman–Crippen LogP) is 2.44. The molecular formula is C21H21F3N4O4. The molecule has 1 N–H and O–H groups in total. The third-order valence-electron chi connectivity index (χ3n) is 5.50. The zero-order valence-corrected chi connectivity index (χ0v) is 17.1. The van der Waals surface area contributed by atoms with Gasteiger partial charge in [-0.1, -0.05) is 6.07 Å². The van der Waals surface area contributed by atoms with Crippen LogP contribution in [0, 0.1) is 5.92 Å². The summed E-state index contributed by atoms with van der Waals surface area (Å²) in [5.41, 5.74) is -0.218. The van der Waals surface area contributed by atoms with Gasteiger partial charge in [-0.05, 0) is 30.3 Å². The number of rotatable bonds is 3. The zero-order valence-electron chi connectivity index (χ0n) is 17.1. The van der Waals surface area contributed by atoms with E-state index >= 15 is 0 Å². The van der Waals surface area contributed by atoms with Gasteiger partial charge in [0, 0.05) is 31.9 Å². The summed E-state index contributed by atoms with van der Waals surface area (Å²) >= 11 is 0. The summed E-state index contributed by atoms with van der Waals surface area (Å²) < 4.78 is 49.2. The van der Waals surface area contributed by atoms with Crippen molar-refractivity contribution in [3.8, 4) is 0 Å². The third kappa shape index (κ3) is 4.27. The fraction of sp³-hybridized carbons (Fsp3) is 0.381. The Morgan fingerprint density at radius 2 is 1.88 bits per heavy atom. The average Bonchev–Trinajstić information content (AvgIpc) is 3.32. The van der Waals surface area contributed by atoms with E-state index in [1.807, 2.05) is 9.80 Å². The molecule has 0 bridgehead atoms. The first-order valence-corrected chi connectivity index (χ1v) is 9.95. The van der Waals surface area contributed by atoms with Crippen molar-refractivity contribution < 1.29 is 31.9 Å². The predicted molar refractivity (Wildman–Crippen MR) is 108 cm³/mol. The second-order valence-corrected chi connectivity index (χ2v) is 7.43. The molecule has 32 heavy (non-hydrogen) atoms. The van der Waals surface area contributed by atoms with Gasteiger partial charge in [-0.25, -0.2) is 4.99 Å². The number of aliphatic imine (C=N–C) groups is 1. The minimum Gasteiger partial charge on any atom is -0.468 e. The SMILES string of the molecule is COC(=O)[C@H]1C(=O)NC(N2CCN(c3cccc(C(F)(F)F)c3)CC2)=N[C@@H]1c1ccco1. The maximum Gasteiger partial charge on any atom is 0.416 e. The van der Waals surface area contributed by atoms with Crippen LogP contribution in [0.4, 0.5) is 18.9 Å². The van der Waals surface area contributed by atoms with Gasteiger partial charge < -0.3 is 19.0 Å². The van der Waals surface area contributed by atoms with Crippen LogP contribution >= 0.6 is 0 Å². The molecule has 1 fully saturated rings. The first-order valence-electron chi connectivity index (χ1n) is 9.95. The van der Waals surface area contributed by atoms with Crippen LogP contribution in [0.2, 0.25) is 0 Å². The van der Waals surface area contributed by atoms with Crippen LogP contribution < -0.4 is 10.2 Å². The van der Waals surface area contributed by atoms with Gasteiger partial charge in [0.2, 0.25) is 11.9 Å². The molecule has 4 rings (SSSR count). The summed E-state index contributed by atoms with van der Waals surface area (Å²) in [5.74, 6) is -1.80. The first kappa shape index (κ1) is 21.7. The first-order chi connectivity index (χ1) is 15.3. The Bertz CT molecular complexity index is 1010. The highest BCUT2D eigenvalue weighted by Crippen LogP contribution is 2.33. The summed E-state index contributed by atoms with van der Waals surface area (Å²) in [6.07, 6.45) is -2.98. The molecule has 2 aromatic rings. The molecule has 1 amide bonds. The monoisotopic (exact) mass is 450 g/mol. The molecule has 1 saturated heterocycles. The molecule has 2 aliphatic rings. The Morgan fingerprint density at radius 1 is 1.16 bits per heavy atom. The third-order valence-corrected chi connectivity index (χ3v) is 5.50. The number of ether oxygens (including phenoxy) is 1. The van der Waals surface area contributed by atoms with E-state index in [2.05, 4.69) is 10.3 Å². The highest BCUT2D eigenvalue weighted by Gasteiger charge is 2.43. The van der Waals surface area contributed by atoms with Gasteiger partial charge >= 0.3 is 12.1 Å². The number of alkyl halides is 3. The van der Waals surface area contributed by atoms with Crippen molar-refractivity contribution >= 4 is 23.5 Å². The fourth-order valence-electron chi connectivity index (χ4n) is 3.84. The van der Waals surface area contributed by atoms with Crippen molar-refractivity contribution in [1.82, 2.24) is 10.2 Å². The molecule has 1 aromatic heterocycles. The van der Waals surface area contributed by atoms with Crippen LogP contribution in [0.15, 0.2) is 52.1 Å². The lowest BCUT2D eigenvalue weighted by atomic mass is 9.95. The van der Waals surface area contributed by atoms with E-state index in [0.29, 0.717) is 43.6 Å². The van der Waals surface area contributed by atoms with Crippen molar-refractivity contribution in [2.75, 3.05) is 38.2 Å². The Morgan fingerprint density at radius 3 is 2.50 bits per heavy atom. The maximum absolute atomic E-state index is 13.0. The van der Waals surface area contributed by atoms with Crippen molar-refractivity contribution in [3.05, 3.63) is 54.0 Å². The van der Waals surface area contributed by atoms with E-state index in [1.54, 1.807) is 18.2 Å². The van der Waals surface area contributed by atoms with E-state index in [1.165, 1.54) is 19.4 Å². The van der Waals surface area contributed by atoms with E-state index in [4.69, 9.17) is 9.15 Å². The Kier molecular flexibility index (Phi) is 5.81. The van der Waals surface area contributed by atoms with E-state index < -0.39 is 35.6 Å². The number of hydrogen-bond donors (Lipinski definition) is 1. The molecule has 1 aromatic carbocycles. The number of piperazine rings is 1. The number of methoxy groups -OCH3 is 1. The largest absolute Gasteiger partial charge is 0.468 e. The van der Waals surface area contributed by atoms with E-state index in [9.17, 15) is 22.8 Å². The molecule has 3 heterocycles. The van der Waals surface area contributed by atoms with Crippen LogP contribution in [0.25, 0.3) is 0 Å². The van der Waals surface area contributed by atoms with Crippen LogP contribution in [0.5, 0.6) is 0 Å². The number of esters is 1. The molecule has 11 heteroatoms. The second-order valence-electron chi connectivity index (χ2n) is 7.43. The number of amides is 1. The standard InChI is InChI=1S/C21H21F3N4O4/c1-31-19(30)16-17(15-6-3-11-32-15)25-20(26-18(16)29)28-9-7-27(8-10-28)14-5-2-4-13(12-14)21(22,23)24/h2-6,11-12,16-17H,7-10H2,1H3,(H,25,26,29)/t16-,17-/m1/s1. The number of nitrogens with zero attached hydrogens (tertiary/aromatic N) is 3. The van der Waals surface area contributed by atoms with Crippen LogP contribution in [-0.2, 0) is 20.5 Å². The van der Waals surface area contributed by atoms with E-state index in [0.717, 1.165) is 12.1 Å². The Labute approximate surface area is 181 Å². The fourth-order valence-corrected chi connectivity index (χ4v) is 3.84. The Hall–Kier alpha value is -3.50. The molecule has 0 unspecified atom stereocenters. The van der Waals surface area contributed by atoms with Crippen LogP contribution in [-0.4, -0.2) is 56.0 Å². The highest BCUT2D eigenvalue weighted by atomic mass is 19.4. The van der Waals surface area contributed by atoms with Gasteiger partial charge in [0.15, 0.2) is 5.92 Å². The summed E-state index contributed by atoms with van der Waals surface area (Å²) in [6, 6.07) is 7.59. The normalized spacial score (nSPS) is 21.8. The Balaban J connectivity index is 1.51. The number of nitrogens with one attached hydrogen (secondary N) is 1. The lowest BCUT2D eigenvalue weighted by molar-refractivity contribution is -0.151. The van der Waals surface area contributed by atoms with Gasteiger partial charge in [-0.3, -0.25) is 14.9 Å². The smallest absolute Gasteiger partial charge is 0.416 e. The summed E-state index contributed by atoms with van der Waals surface area (Å²) in [4.78, 5) is 33.1. The van der Waals surface area contributed by atoms with Crippen molar-refractivity contribution in [2.45, 2.75) is 12.2 Å². The number of hydrogen-bond acceptors (Lipinski definition) is 7. The summed E-state index contributed by atoms with van der Waals surface area (Å²) in [6.45, 7) is 1.70. The van der Waals surface area contributed by atoms with Gasteiger partial charge in [0.05, 0.1) is 18.9 Å². The topological polar surface area (TPSA) is 87.4 Å². The molecular weight excluding hydrogens is 429 g/mol. The lowest BCUT2D eigenvalue weighted by Gasteiger charge is -2.39. The molecule has 0 aliphatic carbocycles. The number of carbonyl (C=O) groups is 2. The number of benzene rings is 1. The van der Waals surface area contributed by atoms with E-state index in [-0.39, 0.29) is 0 Å². The van der Waals surface area contributed by atoms with Gasteiger partial charge in [-0.15, -0.1) is 0 Å². The van der Waals surface area contributed by atoms with Crippen LogP contribution in [0.1, 0.15) is 17.4 Å². The average molecular weight is 450 g/mol. The number of furan rings is 1. The molecule has 0 saturated carbocycles. The summed E-state index contributed by atoms with van der Waals surface area (Å²) in [5, 5.41) is 2.65. The van der Waals surface area contributed by atoms with Crippen LogP contribution in [0.3, 0.4) is 0 Å². The number of carbonyl (C=O) groups excluding carboxylic acids is 2. The van der Waals surface area contributed by atoms with Crippen molar-refractivity contribution in [3.63, 3.8) is 0 Å². The van der Waals surface area contributed by atoms with Gasteiger partial charge in [-0.2, -0.15) is 13.2 Å². The van der Waals surface area contributed by atoms with Crippen molar-refractivity contribution in [2.24, 2.45) is 10.9 Å². The number of anilines is 1. The minimum absolute atomic E-state index is 0.292. The number of guanidine groups is 1. The molecule has 170 valence electrons. The van der Waals surface area contributed by atoms with Gasteiger partial charge in [0.1, 0.15) is 11.8 Å². The lowest BCUT2D eigenvalue weighted by Crippen LogP contribution is -2.57. The molecule has 0 radical (unpaired) electrons. The molecule has 2 atom stereocenters. The minimum atomic E-state index is -4.41. The second kappa shape index (κ2) is 8.56. The highest BCUT2D eigenvalue weighted by molar-refractivity contribution is 6.08. The van der Waals surface area contributed by atoms with Crippen molar-refractivity contribution in [1.29, 1.82) is 0 Å². The maximum atomic E-state index is 13.0. The number of halogens is 3. The zero-order chi connectivity index (χ0) is 22.9. The quantitative estimate of drug-likeness (QED) is 0.571. The molecule has 0 spiro atoms. The van der Waals surface area contributed by atoms with Gasteiger partial charge in [0.25, 0.3) is 0 Å². The molecule has 2 aliphatic heterocycles.